The highest BCUT2D eigenvalue weighted by molar-refractivity contribution is 5.56. The molecule has 1 saturated heterocycles. The summed E-state index contributed by atoms with van der Waals surface area (Å²) < 4.78 is 0. The van der Waals surface area contributed by atoms with Gasteiger partial charge in [0.15, 0.2) is 0 Å². The summed E-state index contributed by atoms with van der Waals surface area (Å²) in [5.74, 6) is 2.26. The normalized spacial score (nSPS) is 17.8. The molecule has 1 aliphatic rings. The Morgan fingerprint density at radius 2 is 2.09 bits per heavy atom. The second-order valence-electron chi connectivity index (χ2n) is 5.75. The molecule has 1 aromatic carbocycles. The lowest BCUT2D eigenvalue weighted by molar-refractivity contribution is 0.444. The minimum Gasteiger partial charge on any atom is -0.356 e. The highest BCUT2D eigenvalue weighted by Gasteiger charge is 2.17. The quantitative estimate of drug-likeness (QED) is 0.940. The van der Waals surface area contributed by atoms with Crippen LogP contribution in [0, 0.1) is 17.2 Å². The molecular weight excluding hydrogens is 274 g/mol. The molecule has 1 fully saturated rings. The van der Waals surface area contributed by atoms with Crippen molar-refractivity contribution in [2.45, 2.75) is 19.8 Å². The smallest absolute Gasteiger partial charge is 0.229 e. The maximum atomic E-state index is 8.82. The first kappa shape index (κ1) is 14.3. The van der Waals surface area contributed by atoms with E-state index in [2.05, 4.69) is 33.2 Å². The van der Waals surface area contributed by atoms with Crippen molar-refractivity contribution in [3.8, 4) is 6.07 Å². The third-order valence-corrected chi connectivity index (χ3v) is 3.89. The van der Waals surface area contributed by atoms with Crippen LogP contribution >= 0.6 is 0 Å². The van der Waals surface area contributed by atoms with Gasteiger partial charge in [0.2, 0.25) is 5.95 Å². The third-order valence-electron chi connectivity index (χ3n) is 3.89. The molecule has 0 saturated carbocycles. The summed E-state index contributed by atoms with van der Waals surface area (Å²) >= 11 is 0. The second kappa shape index (κ2) is 6.44. The fraction of sp³-hybridized carbons (Fsp3) is 0.353. The van der Waals surface area contributed by atoms with Gasteiger partial charge in [0.25, 0.3) is 0 Å². The Labute approximate surface area is 130 Å². The number of aromatic nitrogens is 2. The van der Waals surface area contributed by atoms with E-state index in [1.165, 1.54) is 12.8 Å². The van der Waals surface area contributed by atoms with Crippen molar-refractivity contribution in [3.05, 3.63) is 42.1 Å². The maximum Gasteiger partial charge on any atom is 0.229 e. The van der Waals surface area contributed by atoms with E-state index in [0.29, 0.717) is 17.4 Å². The van der Waals surface area contributed by atoms with E-state index in [0.717, 1.165) is 24.6 Å². The predicted molar refractivity (Wildman–Crippen MR) is 87.1 cm³/mol. The minimum absolute atomic E-state index is 0.584. The molecule has 22 heavy (non-hydrogen) atoms. The van der Waals surface area contributed by atoms with Crippen LogP contribution in [0.3, 0.4) is 0 Å². The molecule has 112 valence electrons. The van der Waals surface area contributed by atoms with Gasteiger partial charge in [0.1, 0.15) is 5.82 Å². The van der Waals surface area contributed by atoms with E-state index in [9.17, 15) is 0 Å². The number of hydrogen-bond donors (Lipinski definition) is 1. The lowest BCUT2D eigenvalue weighted by Gasteiger charge is -2.31. The van der Waals surface area contributed by atoms with Gasteiger partial charge < -0.3 is 10.2 Å². The van der Waals surface area contributed by atoms with Crippen LogP contribution in [0.15, 0.2) is 36.5 Å². The SMILES string of the molecule is CC1CCCN(c2ccnc(Nc3ccc(C#N)cc3)n2)C1. The highest BCUT2D eigenvalue weighted by Crippen LogP contribution is 2.22. The monoisotopic (exact) mass is 293 g/mol. The Bertz CT molecular complexity index is 674. The number of rotatable bonds is 3. The molecule has 0 amide bonds. The summed E-state index contributed by atoms with van der Waals surface area (Å²) in [7, 11) is 0. The van der Waals surface area contributed by atoms with E-state index in [1.54, 1.807) is 18.3 Å². The summed E-state index contributed by atoms with van der Waals surface area (Å²) in [6, 6.07) is 11.3. The number of hydrogen-bond acceptors (Lipinski definition) is 5. The Kier molecular flexibility index (Phi) is 4.19. The number of benzene rings is 1. The zero-order valence-electron chi connectivity index (χ0n) is 12.7. The Hall–Kier alpha value is -2.61. The molecule has 0 radical (unpaired) electrons. The van der Waals surface area contributed by atoms with Crippen molar-refractivity contribution >= 4 is 17.5 Å². The zero-order chi connectivity index (χ0) is 15.4. The Morgan fingerprint density at radius 1 is 1.27 bits per heavy atom. The number of anilines is 3. The van der Waals surface area contributed by atoms with Crippen molar-refractivity contribution < 1.29 is 0 Å². The van der Waals surface area contributed by atoms with Crippen molar-refractivity contribution in [1.29, 1.82) is 5.26 Å². The van der Waals surface area contributed by atoms with Crippen LogP contribution in [-0.4, -0.2) is 23.1 Å². The van der Waals surface area contributed by atoms with E-state index in [-0.39, 0.29) is 0 Å². The van der Waals surface area contributed by atoms with E-state index >= 15 is 0 Å². The van der Waals surface area contributed by atoms with Crippen LogP contribution in [0.4, 0.5) is 17.5 Å². The van der Waals surface area contributed by atoms with Crippen LogP contribution in [0.25, 0.3) is 0 Å². The molecule has 1 aliphatic heterocycles. The van der Waals surface area contributed by atoms with Gasteiger partial charge in [-0.15, -0.1) is 0 Å². The third kappa shape index (κ3) is 3.34. The van der Waals surface area contributed by atoms with Crippen molar-refractivity contribution in [1.82, 2.24) is 9.97 Å². The largest absolute Gasteiger partial charge is 0.356 e. The molecule has 3 rings (SSSR count). The van der Waals surface area contributed by atoms with Crippen molar-refractivity contribution in [2.24, 2.45) is 5.92 Å². The van der Waals surface area contributed by atoms with Gasteiger partial charge in [0, 0.05) is 25.0 Å². The van der Waals surface area contributed by atoms with Gasteiger partial charge in [-0.2, -0.15) is 10.2 Å². The molecule has 5 nitrogen and oxygen atoms in total. The van der Waals surface area contributed by atoms with Crippen molar-refractivity contribution in [2.75, 3.05) is 23.3 Å². The van der Waals surface area contributed by atoms with Crippen LogP contribution in [0.1, 0.15) is 25.3 Å². The molecule has 5 heteroatoms. The maximum absolute atomic E-state index is 8.82. The van der Waals surface area contributed by atoms with E-state index in [1.807, 2.05) is 18.2 Å². The summed E-state index contributed by atoms with van der Waals surface area (Å²) in [5, 5.41) is 12.0. The number of nitrogens with zero attached hydrogens (tertiary/aromatic N) is 4. The fourth-order valence-electron chi connectivity index (χ4n) is 2.74. The van der Waals surface area contributed by atoms with Gasteiger partial charge in [-0.1, -0.05) is 6.92 Å². The Balaban J connectivity index is 1.74. The summed E-state index contributed by atoms with van der Waals surface area (Å²) in [6.07, 6.45) is 4.29. The summed E-state index contributed by atoms with van der Waals surface area (Å²) in [5.41, 5.74) is 1.52. The van der Waals surface area contributed by atoms with Gasteiger partial charge in [-0.05, 0) is 49.1 Å². The number of piperidine rings is 1. The topological polar surface area (TPSA) is 64.8 Å². The van der Waals surface area contributed by atoms with Crippen molar-refractivity contribution in [3.63, 3.8) is 0 Å². The first-order valence-corrected chi connectivity index (χ1v) is 7.60. The molecule has 1 atom stereocenters. The minimum atomic E-state index is 0.584. The van der Waals surface area contributed by atoms with Gasteiger partial charge in [0.05, 0.1) is 11.6 Å². The zero-order valence-corrected chi connectivity index (χ0v) is 12.7. The molecule has 2 heterocycles. The first-order valence-electron chi connectivity index (χ1n) is 7.60. The van der Waals surface area contributed by atoms with Gasteiger partial charge >= 0.3 is 0 Å². The molecule has 1 aromatic heterocycles. The molecule has 0 aliphatic carbocycles. The Morgan fingerprint density at radius 3 is 2.82 bits per heavy atom. The summed E-state index contributed by atoms with van der Waals surface area (Å²) in [4.78, 5) is 11.2. The molecular formula is C17H19N5. The average Bonchev–Trinajstić information content (AvgIpc) is 2.56. The van der Waals surface area contributed by atoms with Crippen LogP contribution in [0.5, 0.6) is 0 Å². The lowest BCUT2D eigenvalue weighted by atomic mass is 10.0. The molecule has 0 bridgehead atoms. The molecule has 0 spiro atoms. The highest BCUT2D eigenvalue weighted by atomic mass is 15.2. The molecule has 1 unspecified atom stereocenters. The second-order valence-corrected chi connectivity index (χ2v) is 5.75. The first-order chi connectivity index (χ1) is 10.7. The average molecular weight is 293 g/mol. The van der Waals surface area contributed by atoms with Crippen LogP contribution in [-0.2, 0) is 0 Å². The van der Waals surface area contributed by atoms with Crippen LogP contribution < -0.4 is 10.2 Å². The summed E-state index contributed by atoms with van der Waals surface area (Å²) in [6.45, 7) is 4.38. The lowest BCUT2D eigenvalue weighted by Crippen LogP contribution is -2.34. The van der Waals surface area contributed by atoms with E-state index < -0.39 is 0 Å². The van der Waals surface area contributed by atoms with Crippen LogP contribution in [0.2, 0.25) is 0 Å². The predicted octanol–water partition coefficient (Wildman–Crippen LogP) is 3.33. The molecule has 2 aromatic rings. The van der Waals surface area contributed by atoms with E-state index in [4.69, 9.17) is 5.26 Å². The van der Waals surface area contributed by atoms with Gasteiger partial charge in [-0.25, -0.2) is 4.98 Å². The standard InChI is InChI=1S/C17H19N5/c1-13-3-2-10-22(12-13)16-8-9-19-17(21-16)20-15-6-4-14(11-18)5-7-15/h4-9,13H,2-3,10,12H2,1H3,(H,19,20,21). The fourth-order valence-corrected chi connectivity index (χ4v) is 2.74. The molecule has 1 N–H and O–H groups in total. The number of nitrogens with one attached hydrogen (secondary N) is 1. The number of nitriles is 1. The van der Waals surface area contributed by atoms with Gasteiger partial charge in [-0.3, -0.25) is 0 Å².